The number of ether oxygens (including phenoxy) is 1. The summed E-state index contributed by atoms with van der Waals surface area (Å²) in [6, 6.07) is 6.43. The van der Waals surface area contributed by atoms with E-state index in [9.17, 15) is 13.2 Å². The monoisotopic (exact) mass is 447 g/mol. The Bertz CT molecular complexity index is 887. The van der Waals surface area contributed by atoms with Gasteiger partial charge < -0.3 is 15.4 Å². The molecule has 1 heterocycles. The third kappa shape index (κ3) is 4.16. The summed E-state index contributed by atoms with van der Waals surface area (Å²) in [7, 11) is -1.97. The van der Waals surface area contributed by atoms with E-state index in [0.29, 0.717) is 31.7 Å². The fourth-order valence-electron chi connectivity index (χ4n) is 6.86. The number of methoxy groups -OCH3 is 1. The molecule has 5 aliphatic rings. The van der Waals surface area contributed by atoms with Gasteiger partial charge in [0.2, 0.25) is 10.0 Å². The summed E-state index contributed by atoms with van der Waals surface area (Å²) in [5.74, 6) is 3.00. The number of hydrogen-bond acceptors (Lipinski definition) is 4. The highest BCUT2D eigenvalue weighted by Gasteiger charge is 2.51. The second-order valence-electron chi connectivity index (χ2n) is 10.2. The molecule has 0 radical (unpaired) electrons. The van der Waals surface area contributed by atoms with Gasteiger partial charge in [0.25, 0.3) is 0 Å². The molecule has 1 saturated heterocycles. The zero-order chi connectivity index (χ0) is 21.6. The normalized spacial score (nSPS) is 33.3. The minimum absolute atomic E-state index is 0.00274. The molecular formula is C23H33N3O4S. The molecule has 0 atom stereocenters. The molecule has 8 heteroatoms. The Kier molecular flexibility index (Phi) is 5.41. The standard InChI is InChI=1S/C23H33N3O4S/c1-30-20-2-4-21(5-3-20)31(28,29)26-8-6-19(7-9-26)24-22(27)25-23-13-16-10-17(14-23)12-18(11-16)15-23/h2-5,16-19H,6-15H2,1H3,(H2,24,25,27). The van der Waals surface area contributed by atoms with Gasteiger partial charge >= 0.3 is 6.03 Å². The van der Waals surface area contributed by atoms with Crippen LogP contribution in [0, 0.1) is 17.8 Å². The molecule has 170 valence electrons. The van der Waals surface area contributed by atoms with Crippen LogP contribution in [-0.2, 0) is 10.0 Å². The van der Waals surface area contributed by atoms with Crippen LogP contribution in [0.25, 0.3) is 0 Å². The molecule has 5 fully saturated rings. The third-order valence-corrected chi connectivity index (χ3v) is 9.82. The molecule has 4 bridgehead atoms. The van der Waals surface area contributed by atoms with Gasteiger partial charge in [-0.3, -0.25) is 0 Å². The van der Waals surface area contributed by atoms with Crippen LogP contribution in [0.2, 0.25) is 0 Å². The zero-order valence-electron chi connectivity index (χ0n) is 18.2. The first-order chi connectivity index (χ1) is 14.8. The molecule has 4 aliphatic carbocycles. The van der Waals surface area contributed by atoms with Crippen LogP contribution in [0.3, 0.4) is 0 Å². The Morgan fingerprint density at radius 1 is 1.00 bits per heavy atom. The molecule has 2 amide bonds. The van der Waals surface area contributed by atoms with Crippen molar-refractivity contribution in [1.82, 2.24) is 14.9 Å². The Balaban J connectivity index is 1.14. The quantitative estimate of drug-likeness (QED) is 0.726. The van der Waals surface area contributed by atoms with E-state index in [4.69, 9.17) is 4.74 Å². The third-order valence-electron chi connectivity index (χ3n) is 7.90. The van der Waals surface area contributed by atoms with Crippen molar-refractivity contribution in [2.24, 2.45) is 17.8 Å². The van der Waals surface area contributed by atoms with Crippen LogP contribution >= 0.6 is 0 Å². The number of nitrogens with one attached hydrogen (secondary N) is 2. The largest absolute Gasteiger partial charge is 0.497 e. The minimum Gasteiger partial charge on any atom is -0.497 e. The maximum Gasteiger partial charge on any atom is 0.315 e. The van der Waals surface area contributed by atoms with Crippen molar-refractivity contribution >= 4 is 16.1 Å². The number of hydrogen-bond donors (Lipinski definition) is 2. The lowest BCUT2D eigenvalue weighted by atomic mass is 9.53. The Labute approximate surface area is 185 Å². The van der Waals surface area contributed by atoms with Gasteiger partial charge in [-0.1, -0.05) is 0 Å². The van der Waals surface area contributed by atoms with Crippen LogP contribution in [-0.4, -0.2) is 50.5 Å². The first-order valence-electron chi connectivity index (χ1n) is 11.6. The van der Waals surface area contributed by atoms with Crippen LogP contribution in [0.4, 0.5) is 4.79 Å². The van der Waals surface area contributed by atoms with Crippen molar-refractivity contribution < 1.29 is 17.9 Å². The van der Waals surface area contributed by atoms with E-state index in [1.807, 2.05) is 0 Å². The van der Waals surface area contributed by atoms with E-state index in [1.165, 1.54) is 23.6 Å². The highest BCUT2D eigenvalue weighted by atomic mass is 32.2. The zero-order valence-corrected chi connectivity index (χ0v) is 19.0. The van der Waals surface area contributed by atoms with Gasteiger partial charge in [-0.05, 0) is 93.4 Å². The first kappa shape index (κ1) is 21.1. The van der Waals surface area contributed by atoms with Crippen molar-refractivity contribution in [3.63, 3.8) is 0 Å². The number of rotatable bonds is 5. The molecular weight excluding hydrogens is 414 g/mol. The number of piperidine rings is 1. The lowest BCUT2D eigenvalue weighted by Crippen LogP contribution is -2.62. The number of amides is 2. The Hall–Kier alpha value is -1.80. The number of nitrogens with zero attached hydrogens (tertiary/aromatic N) is 1. The molecule has 1 aromatic carbocycles. The molecule has 1 aromatic rings. The predicted octanol–water partition coefficient (Wildman–Crippen LogP) is 3.12. The fraction of sp³-hybridized carbons (Fsp3) is 0.696. The van der Waals surface area contributed by atoms with Crippen molar-refractivity contribution in [2.75, 3.05) is 20.2 Å². The van der Waals surface area contributed by atoms with Gasteiger partial charge in [-0.2, -0.15) is 4.31 Å². The molecule has 0 aromatic heterocycles. The summed E-state index contributed by atoms with van der Waals surface area (Å²) in [6.07, 6.45) is 8.70. The smallest absolute Gasteiger partial charge is 0.315 e. The van der Waals surface area contributed by atoms with E-state index in [1.54, 1.807) is 31.4 Å². The molecule has 7 nitrogen and oxygen atoms in total. The second-order valence-corrected chi connectivity index (χ2v) is 12.1. The molecule has 6 rings (SSSR count). The summed E-state index contributed by atoms with van der Waals surface area (Å²) >= 11 is 0. The molecule has 0 spiro atoms. The highest BCUT2D eigenvalue weighted by Crippen LogP contribution is 2.55. The predicted molar refractivity (Wildman–Crippen MR) is 117 cm³/mol. The van der Waals surface area contributed by atoms with Gasteiger partial charge in [-0.15, -0.1) is 0 Å². The average molecular weight is 448 g/mol. The summed E-state index contributed by atoms with van der Waals surface area (Å²) in [5.41, 5.74) is -0.00274. The maximum absolute atomic E-state index is 12.9. The fourth-order valence-corrected chi connectivity index (χ4v) is 8.33. The maximum atomic E-state index is 12.9. The Morgan fingerprint density at radius 3 is 2.06 bits per heavy atom. The van der Waals surface area contributed by atoms with Crippen LogP contribution in [0.1, 0.15) is 51.4 Å². The number of carbonyl (C=O) groups excluding carboxylic acids is 1. The number of carbonyl (C=O) groups is 1. The molecule has 31 heavy (non-hydrogen) atoms. The molecule has 2 N–H and O–H groups in total. The van der Waals surface area contributed by atoms with Gasteiger partial charge in [0.05, 0.1) is 12.0 Å². The number of sulfonamides is 1. The SMILES string of the molecule is COc1ccc(S(=O)(=O)N2CCC(NC(=O)NC34CC5CC(CC(C5)C3)C4)CC2)cc1. The van der Waals surface area contributed by atoms with E-state index < -0.39 is 10.0 Å². The lowest BCUT2D eigenvalue weighted by molar-refractivity contribution is -0.0137. The van der Waals surface area contributed by atoms with Crippen molar-refractivity contribution in [2.45, 2.75) is 67.8 Å². The summed E-state index contributed by atoms with van der Waals surface area (Å²) in [4.78, 5) is 13.1. The topological polar surface area (TPSA) is 87.7 Å². The van der Waals surface area contributed by atoms with Gasteiger partial charge in [-0.25, -0.2) is 13.2 Å². The molecule has 1 aliphatic heterocycles. The molecule has 4 saturated carbocycles. The van der Waals surface area contributed by atoms with Crippen LogP contribution in [0.5, 0.6) is 5.75 Å². The number of urea groups is 1. The van der Waals surface area contributed by atoms with Crippen molar-refractivity contribution in [3.05, 3.63) is 24.3 Å². The molecule has 0 unspecified atom stereocenters. The van der Waals surface area contributed by atoms with Gasteiger partial charge in [0, 0.05) is 24.7 Å². The summed E-state index contributed by atoms with van der Waals surface area (Å²) < 4.78 is 32.5. The van der Waals surface area contributed by atoms with Crippen molar-refractivity contribution in [1.29, 1.82) is 0 Å². The highest BCUT2D eigenvalue weighted by molar-refractivity contribution is 7.89. The summed E-state index contributed by atoms with van der Waals surface area (Å²) in [6.45, 7) is 0.827. The average Bonchev–Trinajstić information content (AvgIpc) is 2.72. The minimum atomic E-state index is -3.53. The van der Waals surface area contributed by atoms with Crippen molar-refractivity contribution in [3.8, 4) is 5.75 Å². The van der Waals surface area contributed by atoms with E-state index in [0.717, 1.165) is 37.0 Å². The van der Waals surface area contributed by atoms with Crippen LogP contribution in [0.15, 0.2) is 29.2 Å². The second kappa shape index (κ2) is 7.96. The van der Waals surface area contributed by atoms with Gasteiger partial charge in [0.15, 0.2) is 0 Å². The van der Waals surface area contributed by atoms with E-state index in [2.05, 4.69) is 10.6 Å². The summed E-state index contributed by atoms with van der Waals surface area (Å²) in [5, 5.41) is 6.49. The lowest BCUT2D eigenvalue weighted by Gasteiger charge is -2.56. The van der Waals surface area contributed by atoms with E-state index in [-0.39, 0.29) is 22.5 Å². The number of benzene rings is 1. The van der Waals surface area contributed by atoms with Gasteiger partial charge in [0.1, 0.15) is 5.75 Å². The van der Waals surface area contributed by atoms with Crippen LogP contribution < -0.4 is 15.4 Å². The first-order valence-corrected chi connectivity index (χ1v) is 13.0. The Morgan fingerprint density at radius 2 is 1.55 bits per heavy atom. The van der Waals surface area contributed by atoms with E-state index >= 15 is 0 Å².